The van der Waals surface area contributed by atoms with Gasteiger partial charge in [-0.05, 0) is 24.8 Å². The minimum absolute atomic E-state index is 0.0395. The third kappa shape index (κ3) is 3.61. The van der Waals surface area contributed by atoms with Gasteiger partial charge in [-0.3, -0.25) is 10.1 Å². The van der Waals surface area contributed by atoms with Gasteiger partial charge in [-0.1, -0.05) is 19.4 Å². The number of carbonyl (C=O) groups is 1. The van der Waals surface area contributed by atoms with Gasteiger partial charge in [0.1, 0.15) is 0 Å². The average molecular weight is 240 g/mol. The molecule has 0 fully saturated rings. The molecule has 3 nitrogen and oxygen atoms in total. The molecule has 1 aromatic rings. The molecule has 1 amide bonds. The first kappa shape index (κ1) is 13.2. The smallest absolute Gasteiger partial charge is 0.236 e. The summed E-state index contributed by atoms with van der Waals surface area (Å²) >= 11 is 1.74. The maximum atomic E-state index is 11.5. The van der Waals surface area contributed by atoms with E-state index in [1.807, 2.05) is 6.92 Å². The molecule has 0 saturated carbocycles. The van der Waals surface area contributed by atoms with E-state index in [1.165, 1.54) is 4.88 Å². The van der Waals surface area contributed by atoms with E-state index < -0.39 is 0 Å². The molecular weight excluding hydrogens is 220 g/mol. The number of hydrogen-bond donors (Lipinski definition) is 2. The van der Waals surface area contributed by atoms with Crippen LogP contribution >= 0.6 is 11.3 Å². The lowest BCUT2D eigenvalue weighted by Crippen LogP contribution is -2.42. The maximum Gasteiger partial charge on any atom is 0.236 e. The third-order valence-corrected chi connectivity index (χ3v) is 3.54. The highest BCUT2D eigenvalue weighted by Gasteiger charge is 2.18. The Morgan fingerprint density at radius 2 is 2.31 bits per heavy atom. The summed E-state index contributed by atoms with van der Waals surface area (Å²) in [5.41, 5.74) is 0. The quantitative estimate of drug-likeness (QED) is 0.801. The second-order valence-electron chi connectivity index (χ2n) is 3.86. The highest BCUT2D eigenvalue weighted by Crippen LogP contribution is 2.23. The zero-order valence-corrected chi connectivity index (χ0v) is 10.9. The van der Waals surface area contributed by atoms with E-state index in [0.29, 0.717) is 0 Å². The van der Waals surface area contributed by atoms with Crippen LogP contribution in [0.3, 0.4) is 0 Å². The van der Waals surface area contributed by atoms with Crippen LogP contribution in [0.1, 0.15) is 37.6 Å². The van der Waals surface area contributed by atoms with Gasteiger partial charge in [-0.25, -0.2) is 0 Å². The predicted octanol–water partition coefficient (Wildman–Crippen LogP) is 2.31. The van der Waals surface area contributed by atoms with Gasteiger partial charge in [0, 0.05) is 18.0 Å². The molecule has 2 unspecified atom stereocenters. The van der Waals surface area contributed by atoms with E-state index in [9.17, 15) is 4.79 Å². The fraction of sp³-hybridized carbons (Fsp3) is 0.583. The van der Waals surface area contributed by atoms with E-state index in [1.54, 1.807) is 18.4 Å². The van der Waals surface area contributed by atoms with Crippen LogP contribution in [0.25, 0.3) is 0 Å². The molecule has 0 bridgehead atoms. The van der Waals surface area contributed by atoms with Crippen molar-refractivity contribution in [2.75, 3.05) is 7.05 Å². The number of amides is 1. The molecule has 0 aliphatic carbocycles. The molecule has 0 aromatic carbocycles. The molecular formula is C12H20N2OS. The molecule has 1 rings (SSSR count). The topological polar surface area (TPSA) is 41.1 Å². The van der Waals surface area contributed by atoms with Crippen molar-refractivity contribution in [1.82, 2.24) is 10.6 Å². The maximum absolute atomic E-state index is 11.5. The van der Waals surface area contributed by atoms with Gasteiger partial charge in [0.05, 0.1) is 6.04 Å². The summed E-state index contributed by atoms with van der Waals surface area (Å²) in [6.07, 6.45) is 2.16. The molecule has 2 N–H and O–H groups in total. The fourth-order valence-corrected chi connectivity index (χ4v) is 2.50. The zero-order chi connectivity index (χ0) is 12.0. The number of likely N-dealkylation sites (N-methyl/N-ethyl adjacent to an activating group) is 1. The fourth-order valence-electron chi connectivity index (χ4n) is 1.68. The highest BCUT2D eigenvalue weighted by atomic mass is 32.1. The first-order chi connectivity index (χ1) is 7.69. The molecule has 0 spiro atoms. The number of rotatable bonds is 6. The number of carbonyl (C=O) groups excluding carboxylic acids is 1. The van der Waals surface area contributed by atoms with Gasteiger partial charge in [0.2, 0.25) is 5.91 Å². The first-order valence-electron chi connectivity index (χ1n) is 5.70. The minimum atomic E-state index is -0.149. The van der Waals surface area contributed by atoms with Crippen molar-refractivity contribution in [1.29, 1.82) is 0 Å². The number of thiophene rings is 1. The Labute approximate surface area is 101 Å². The van der Waals surface area contributed by atoms with Crippen molar-refractivity contribution < 1.29 is 4.79 Å². The normalized spacial score (nSPS) is 14.4. The second kappa shape index (κ2) is 6.66. The van der Waals surface area contributed by atoms with E-state index in [0.717, 1.165) is 12.8 Å². The summed E-state index contributed by atoms with van der Waals surface area (Å²) in [7, 11) is 1.67. The largest absolute Gasteiger partial charge is 0.358 e. The van der Waals surface area contributed by atoms with Crippen molar-refractivity contribution in [2.45, 2.75) is 38.8 Å². The van der Waals surface area contributed by atoms with Gasteiger partial charge in [-0.15, -0.1) is 11.3 Å². The number of nitrogens with one attached hydrogen (secondary N) is 2. The van der Waals surface area contributed by atoms with Gasteiger partial charge in [-0.2, -0.15) is 0 Å². The van der Waals surface area contributed by atoms with Crippen LogP contribution in [0, 0.1) is 0 Å². The van der Waals surface area contributed by atoms with Gasteiger partial charge in [0.25, 0.3) is 0 Å². The van der Waals surface area contributed by atoms with Crippen LogP contribution in [-0.2, 0) is 4.79 Å². The van der Waals surface area contributed by atoms with Crippen LogP contribution in [-0.4, -0.2) is 19.0 Å². The molecule has 0 saturated heterocycles. The van der Waals surface area contributed by atoms with Gasteiger partial charge < -0.3 is 5.32 Å². The summed E-state index contributed by atoms with van der Waals surface area (Å²) in [5.74, 6) is 0.0395. The lowest BCUT2D eigenvalue weighted by molar-refractivity contribution is -0.122. The highest BCUT2D eigenvalue weighted by molar-refractivity contribution is 7.10. The summed E-state index contributed by atoms with van der Waals surface area (Å²) in [6.45, 7) is 4.06. The van der Waals surface area contributed by atoms with Crippen molar-refractivity contribution in [3.8, 4) is 0 Å². The molecule has 2 atom stereocenters. The molecule has 4 heteroatoms. The number of hydrogen-bond acceptors (Lipinski definition) is 3. The Hall–Kier alpha value is -0.870. The molecule has 90 valence electrons. The average Bonchev–Trinajstić information content (AvgIpc) is 2.80. The van der Waals surface area contributed by atoms with Crippen LogP contribution in [0.15, 0.2) is 17.5 Å². The van der Waals surface area contributed by atoms with Crippen LogP contribution in [0.2, 0.25) is 0 Å². The predicted molar refractivity (Wildman–Crippen MR) is 68.6 cm³/mol. The molecule has 1 aromatic heterocycles. The Kier molecular flexibility index (Phi) is 5.49. The van der Waals surface area contributed by atoms with Crippen molar-refractivity contribution in [2.24, 2.45) is 0 Å². The zero-order valence-electron chi connectivity index (χ0n) is 10.1. The van der Waals surface area contributed by atoms with Crippen LogP contribution in [0.5, 0.6) is 0 Å². The van der Waals surface area contributed by atoms with Crippen LogP contribution in [0.4, 0.5) is 0 Å². The van der Waals surface area contributed by atoms with Gasteiger partial charge >= 0.3 is 0 Å². The molecule has 0 aliphatic rings. The van der Waals surface area contributed by atoms with Gasteiger partial charge in [0.15, 0.2) is 0 Å². The van der Waals surface area contributed by atoms with Crippen molar-refractivity contribution in [3.63, 3.8) is 0 Å². The lowest BCUT2D eigenvalue weighted by atomic mass is 10.1. The molecule has 0 radical (unpaired) electrons. The molecule has 16 heavy (non-hydrogen) atoms. The third-order valence-electron chi connectivity index (χ3n) is 2.55. The minimum Gasteiger partial charge on any atom is -0.358 e. The monoisotopic (exact) mass is 240 g/mol. The Bertz CT molecular complexity index is 311. The second-order valence-corrected chi connectivity index (χ2v) is 4.84. The summed E-state index contributed by atoms with van der Waals surface area (Å²) < 4.78 is 0. The molecule has 1 heterocycles. The van der Waals surface area contributed by atoms with E-state index >= 15 is 0 Å². The lowest BCUT2D eigenvalue weighted by Gasteiger charge is -2.21. The summed E-state index contributed by atoms with van der Waals surface area (Å²) in [5, 5.41) is 8.10. The van der Waals surface area contributed by atoms with E-state index in [4.69, 9.17) is 0 Å². The van der Waals surface area contributed by atoms with E-state index in [-0.39, 0.29) is 18.0 Å². The molecule has 0 aliphatic heterocycles. The van der Waals surface area contributed by atoms with Crippen LogP contribution < -0.4 is 10.6 Å². The SMILES string of the molecule is CCCC(NC(C)C(=O)NC)c1cccs1. The standard InChI is InChI=1S/C12H20N2OS/c1-4-6-10(11-7-5-8-16-11)14-9(2)12(15)13-3/h5,7-10,14H,4,6H2,1-3H3,(H,13,15). The van der Waals surface area contributed by atoms with E-state index in [2.05, 4.69) is 35.1 Å². The summed E-state index contributed by atoms with van der Waals surface area (Å²) in [6, 6.07) is 4.31. The Balaban J connectivity index is 2.61. The van der Waals surface area contributed by atoms with Crippen molar-refractivity contribution in [3.05, 3.63) is 22.4 Å². The Morgan fingerprint density at radius 1 is 1.56 bits per heavy atom. The van der Waals surface area contributed by atoms with Crippen molar-refractivity contribution >= 4 is 17.2 Å². The summed E-state index contributed by atoms with van der Waals surface area (Å²) in [4.78, 5) is 12.8. The first-order valence-corrected chi connectivity index (χ1v) is 6.58. The Morgan fingerprint density at radius 3 is 2.81 bits per heavy atom.